The van der Waals surface area contributed by atoms with Crippen molar-refractivity contribution in [1.29, 1.82) is 0 Å². The summed E-state index contributed by atoms with van der Waals surface area (Å²) < 4.78 is 36.3. The molecule has 0 bridgehead atoms. The molecular weight excluding hydrogens is 223 g/mol. The zero-order valence-corrected chi connectivity index (χ0v) is 9.13. The number of primary amides is 1. The number of piperazine rings is 1. The zero-order chi connectivity index (χ0) is 12.3. The molecule has 1 aliphatic rings. The fraction of sp³-hybridized carbons (Fsp3) is 0.889. The van der Waals surface area contributed by atoms with E-state index in [0.29, 0.717) is 26.2 Å². The molecule has 1 amide bonds. The van der Waals surface area contributed by atoms with Crippen LogP contribution in [0.15, 0.2) is 0 Å². The highest BCUT2D eigenvalue weighted by atomic mass is 19.4. The normalized spacial score (nSPS) is 22.0. The lowest BCUT2D eigenvalue weighted by Crippen LogP contribution is -2.54. The first-order valence-corrected chi connectivity index (χ1v) is 5.12. The van der Waals surface area contributed by atoms with Crippen molar-refractivity contribution in [3.63, 3.8) is 0 Å². The number of nitrogens with two attached hydrogens (primary N) is 1. The molecule has 7 heteroatoms. The van der Waals surface area contributed by atoms with Crippen LogP contribution in [0.1, 0.15) is 6.92 Å². The van der Waals surface area contributed by atoms with Crippen LogP contribution < -0.4 is 5.73 Å². The van der Waals surface area contributed by atoms with Crippen molar-refractivity contribution in [3.05, 3.63) is 0 Å². The Bertz CT molecular complexity index is 249. The predicted molar refractivity (Wildman–Crippen MR) is 52.7 cm³/mol. The second-order valence-electron chi connectivity index (χ2n) is 4.01. The van der Waals surface area contributed by atoms with Gasteiger partial charge in [0.15, 0.2) is 0 Å². The summed E-state index contributed by atoms with van der Waals surface area (Å²) in [7, 11) is 0. The third-order valence-corrected chi connectivity index (χ3v) is 2.77. The second-order valence-corrected chi connectivity index (χ2v) is 4.01. The summed E-state index contributed by atoms with van der Waals surface area (Å²) in [6.07, 6.45) is -4.16. The molecule has 4 nitrogen and oxygen atoms in total. The number of carbonyl (C=O) groups is 1. The fourth-order valence-corrected chi connectivity index (χ4v) is 1.74. The first kappa shape index (κ1) is 13.2. The average Bonchev–Trinajstić information content (AvgIpc) is 2.15. The maximum absolute atomic E-state index is 12.1. The van der Waals surface area contributed by atoms with E-state index in [1.807, 2.05) is 0 Å². The molecule has 0 aromatic rings. The molecule has 1 unspecified atom stereocenters. The summed E-state index contributed by atoms with van der Waals surface area (Å²) in [6, 6.07) is -0.409. The van der Waals surface area contributed by atoms with Crippen LogP contribution in [0.2, 0.25) is 0 Å². The number of hydrogen-bond donors (Lipinski definition) is 1. The number of amides is 1. The first-order valence-electron chi connectivity index (χ1n) is 5.12. The SMILES string of the molecule is CC(C(N)=O)N1CCN(CC(F)(F)F)CC1. The molecule has 0 radical (unpaired) electrons. The summed E-state index contributed by atoms with van der Waals surface area (Å²) >= 11 is 0. The van der Waals surface area contributed by atoms with Crippen LogP contribution in [0.25, 0.3) is 0 Å². The molecule has 1 saturated heterocycles. The fourth-order valence-electron chi connectivity index (χ4n) is 1.74. The average molecular weight is 239 g/mol. The van der Waals surface area contributed by atoms with Gasteiger partial charge in [0.1, 0.15) is 0 Å². The van der Waals surface area contributed by atoms with Crippen LogP contribution in [-0.4, -0.2) is 60.6 Å². The maximum atomic E-state index is 12.1. The summed E-state index contributed by atoms with van der Waals surface area (Å²) in [6.45, 7) is 2.31. The Balaban J connectivity index is 2.37. The van der Waals surface area contributed by atoms with Gasteiger partial charge in [-0.2, -0.15) is 13.2 Å². The summed E-state index contributed by atoms with van der Waals surface area (Å²) in [4.78, 5) is 14.0. The van der Waals surface area contributed by atoms with Crippen molar-refractivity contribution >= 4 is 5.91 Å². The van der Waals surface area contributed by atoms with Gasteiger partial charge in [0.25, 0.3) is 0 Å². The topological polar surface area (TPSA) is 49.6 Å². The number of alkyl halides is 3. The Kier molecular flexibility index (Phi) is 4.15. The van der Waals surface area contributed by atoms with Crippen molar-refractivity contribution in [2.45, 2.75) is 19.1 Å². The summed E-state index contributed by atoms with van der Waals surface area (Å²) in [5.74, 6) is -0.440. The number of carbonyl (C=O) groups excluding carboxylic acids is 1. The number of halogens is 3. The molecular formula is C9H16F3N3O. The third kappa shape index (κ3) is 3.97. The minimum absolute atomic E-state index is 0.317. The molecule has 0 spiro atoms. The second kappa shape index (κ2) is 5.01. The molecule has 94 valence electrons. The van der Waals surface area contributed by atoms with Gasteiger partial charge in [0.05, 0.1) is 12.6 Å². The van der Waals surface area contributed by atoms with Crippen LogP contribution in [0.3, 0.4) is 0 Å². The van der Waals surface area contributed by atoms with Crippen LogP contribution in [0.4, 0.5) is 13.2 Å². The quantitative estimate of drug-likeness (QED) is 0.756. The molecule has 0 saturated carbocycles. The van der Waals surface area contributed by atoms with E-state index in [0.717, 1.165) is 0 Å². The van der Waals surface area contributed by atoms with Crippen molar-refractivity contribution in [1.82, 2.24) is 9.80 Å². The van der Waals surface area contributed by atoms with E-state index in [-0.39, 0.29) is 0 Å². The lowest BCUT2D eigenvalue weighted by molar-refractivity contribution is -0.150. The lowest BCUT2D eigenvalue weighted by atomic mass is 10.2. The molecule has 1 rings (SSSR count). The van der Waals surface area contributed by atoms with E-state index in [9.17, 15) is 18.0 Å². The first-order chi connectivity index (χ1) is 7.29. The Morgan fingerprint density at radius 3 is 2.19 bits per heavy atom. The number of nitrogens with zero attached hydrogens (tertiary/aromatic N) is 2. The van der Waals surface area contributed by atoms with E-state index in [1.165, 1.54) is 4.90 Å². The van der Waals surface area contributed by atoms with Gasteiger partial charge in [0.2, 0.25) is 5.91 Å². The van der Waals surface area contributed by atoms with Crippen LogP contribution in [-0.2, 0) is 4.79 Å². The Hall–Kier alpha value is -0.820. The van der Waals surface area contributed by atoms with Gasteiger partial charge in [-0.15, -0.1) is 0 Å². The van der Waals surface area contributed by atoms with Gasteiger partial charge < -0.3 is 5.73 Å². The maximum Gasteiger partial charge on any atom is 0.401 e. The molecule has 1 fully saturated rings. The molecule has 2 N–H and O–H groups in total. The highest BCUT2D eigenvalue weighted by Gasteiger charge is 2.33. The van der Waals surface area contributed by atoms with Crippen molar-refractivity contribution in [2.75, 3.05) is 32.7 Å². The minimum atomic E-state index is -4.16. The van der Waals surface area contributed by atoms with Crippen LogP contribution in [0.5, 0.6) is 0 Å². The van der Waals surface area contributed by atoms with E-state index < -0.39 is 24.7 Å². The lowest BCUT2D eigenvalue weighted by Gasteiger charge is -2.37. The highest BCUT2D eigenvalue weighted by Crippen LogP contribution is 2.17. The van der Waals surface area contributed by atoms with Crippen LogP contribution >= 0.6 is 0 Å². The molecule has 0 aromatic heterocycles. The Morgan fingerprint density at radius 2 is 1.81 bits per heavy atom. The molecule has 0 aromatic carbocycles. The van der Waals surface area contributed by atoms with Gasteiger partial charge >= 0.3 is 6.18 Å². The Morgan fingerprint density at radius 1 is 1.31 bits per heavy atom. The zero-order valence-electron chi connectivity index (χ0n) is 9.13. The summed E-state index contributed by atoms with van der Waals surface area (Å²) in [5, 5.41) is 0. The third-order valence-electron chi connectivity index (χ3n) is 2.77. The van der Waals surface area contributed by atoms with Gasteiger partial charge in [-0.05, 0) is 6.92 Å². The number of rotatable bonds is 3. The monoisotopic (exact) mass is 239 g/mol. The molecule has 16 heavy (non-hydrogen) atoms. The number of hydrogen-bond acceptors (Lipinski definition) is 3. The Labute approximate surface area is 92.2 Å². The smallest absolute Gasteiger partial charge is 0.368 e. The predicted octanol–water partition coefficient (Wildman–Crippen LogP) is 0.0401. The van der Waals surface area contributed by atoms with Crippen molar-refractivity contribution < 1.29 is 18.0 Å². The van der Waals surface area contributed by atoms with Crippen molar-refractivity contribution in [3.8, 4) is 0 Å². The van der Waals surface area contributed by atoms with Gasteiger partial charge in [-0.25, -0.2) is 0 Å². The van der Waals surface area contributed by atoms with E-state index in [2.05, 4.69) is 0 Å². The molecule has 0 aliphatic carbocycles. The largest absolute Gasteiger partial charge is 0.401 e. The standard InChI is InChI=1S/C9H16F3N3O/c1-7(8(13)16)15-4-2-14(3-5-15)6-9(10,11)12/h7H,2-6H2,1H3,(H2,13,16). The van der Waals surface area contributed by atoms with Crippen molar-refractivity contribution in [2.24, 2.45) is 5.73 Å². The van der Waals surface area contributed by atoms with E-state index in [1.54, 1.807) is 11.8 Å². The molecule has 1 heterocycles. The van der Waals surface area contributed by atoms with E-state index >= 15 is 0 Å². The molecule has 1 aliphatic heterocycles. The van der Waals surface area contributed by atoms with Gasteiger partial charge in [0, 0.05) is 26.2 Å². The van der Waals surface area contributed by atoms with E-state index in [4.69, 9.17) is 5.73 Å². The van der Waals surface area contributed by atoms with Crippen LogP contribution in [0, 0.1) is 0 Å². The van der Waals surface area contributed by atoms with Gasteiger partial charge in [-0.1, -0.05) is 0 Å². The minimum Gasteiger partial charge on any atom is -0.368 e. The van der Waals surface area contributed by atoms with Gasteiger partial charge in [-0.3, -0.25) is 14.6 Å². The molecule has 1 atom stereocenters. The highest BCUT2D eigenvalue weighted by molar-refractivity contribution is 5.79. The summed E-state index contributed by atoms with van der Waals surface area (Å²) in [5.41, 5.74) is 5.13.